The van der Waals surface area contributed by atoms with E-state index >= 15 is 0 Å². The van der Waals surface area contributed by atoms with Crippen LogP contribution in [0.1, 0.15) is 11.1 Å². The summed E-state index contributed by atoms with van der Waals surface area (Å²) in [6.07, 6.45) is 1.70. The van der Waals surface area contributed by atoms with Crippen LogP contribution >= 0.6 is 11.8 Å². The molecule has 7 heteroatoms. The molecule has 2 heterocycles. The maximum Gasteiger partial charge on any atom is 0.506 e. The molecular formula is C20H15F2N2O2S+. The number of fused-ring (bicyclic) bond motifs is 1. The van der Waals surface area contributed by atoms with Crippen LogP contribution < -0.4 is 4.90 Å². The highest BCUT2D eigenvalue weighted by Gasteiger charge is 2.50. The van der Waals surface area contributed by atoms with Gasteiger partial charge in [-0.1, -0.05) is 18.2 Å². The highest BCUT2D eigenvalue weighted by atomic mass is 32.2. The minimum absolute atomic E-state index is 0.0279. The Morgan fingerprint density at radius 1 is 1.11 bits per heavy atom. The predicted octanol–water partition coefficient (Wildman–Crippen LogP) is 4.02. The molecule has 3 amide bonds. The average Bonchev–Trinajstić information content (AvgIpc) is 3.09. The van der Waals surface area contributed by atoms with E-state index in [-0.39, 0.29) is 12.5 Å². The summed E-state index contributed by atoms with van der Waals surface area (Å²) in [7, 11) is 0. The van der Waals surface area contributed by atoms with Crippen LogP contribution in [0.2, 0.25) is 0 Å². The summed E-state index contributed by atoms with van der Waals surface area (Å²) in [6, 6.07) is 9.75. The lowest BCUT2D eigenvalue weighted by Crippen LogP contribution is -2.55. The number of urea groups is 1. The van der Waals surface area contributed by atoms with Gasteiger partial charge in [0.1, 0.15) is 29.6 Å². The fourth-order valence-electron chi connectivity index (χ4n) is 3.28. The average molecular weight is 385 g/mol. The molecule has 136 valence electrons. The number of amides is 3. The lowest BCUT2D eigenvalue weighted by atomic mass is 10.1. The van der Waals surface area contributed by atoms with Crippen molar-refractivity contribution in [3.8, 4) is 0 Å². The van der Waals surface area contributed by atoms with Gasteiger partial charge in [0.05, 0.1) is 0 Å². The quantitative estimate of drug-likeness (QED) is 0.750. The molecule has 0 aliphatic carbocycles. The first-order valence-corrected chi connectivity index (χ1v) is 9.25. The third kappa shape index (κ3) is 3.08. The molecule has 0 aromatic heterocycles. The van der Waals surface area contributed by atoms with E-state index in [1.165, 1.54) is 28.5 Å². The summed E-state index contributed by atoms with van der Waals surface area (Å²) >= 11 is 1.31. The van der Waals surface area contributed by atoms with Crippen molar-refractivity contribution < 1.29 is 22.9 Å². The van der Waals surface area contributed by atoms with E-state index in [0.717, 1.165) is 16.5 Å². The maximum absolute atomic E-state index is 13.6. The Morgan fingerprint density at radius 3 is 2.52 bits per heavy atom. The molecule has 0 spiro atoms. The lowest BCUT2D eigenvalue weighted by Gasteiger charge is -2.25. The van der Waals surface area contributed by atoms with Crippen molar-refractivity contribution in [1.82, 2.24) is 0 Å². The Balaban J connectivity index is 1.80. The highest BCUT2D eigenvalue weighted by Crippen LogP contribution is 2.32. The summed E-state index contributed by atoms with van der Waals surface area (Å²) in [5.41, 5.74) is 2.14. The lowest BCUT2D eigenvalue weighted by molar-refractivity contribution is -0.444. The molecule has 1 atom stereocenters. The third-order valence-electron chi connectivity index (χ3n) is 4.52. The molecule has 0 N–H and O–H groups in total. The van der Waals surface area contributed by atoms with Crippen LogP contribution in [0.3, 0.4) is 0 Å². The highest BCUT2D eigenvalue weighted by molar-refractivity contribution is 8.04. The Labute approximate surface area is 158 Å². The number of carbonyl (C=O) groups excluding carboxylic acids is 2. The van der Waals surface area contributed by atoms with Gasteiger partial charge in [0, 0.05) is 6.07 Å². The number of anilines is 1. The topological polar surface area (TPSA) is 40.4 Å². The van der Waals surface area contributed by atoms with Gasteiger partial charge < -0.3 is 0 Å². The van der Waals surface area contributed by atoms with E-state index in [1.807, 2.05) is 19.1 Å². The summed E-state index contributed by atoms with van der Waals surface area (Å²) in [5.74, 6) is -1.74. The number of benzene rings is 2. The van der Waals surface area contributed by atoms with E-state index < -0.39 is 22.9 Å². The molecule has 4 nitrogen and oxygen atoms in total. The summed E-state index contributed by atoms with van der Waals surface area (Å²) in [6.45, 7) is 1.79. The van der Waals surface area contributed by atoms with Gasteiger partial charge in [0.15, 0.2) is 5.25 Å². The van der Waals surface area contributed by atoms with Crippen molar-refractivity contribution in [3.05, 3.63) is 76.7 Å². The zero-order chi connectivity index (χ0) is 19.1. The van der Waals surface area contributed by atoms with E-state index in [0.29, 0.717) is 17.0 Å². The normalized spacial score (nSPS) is 19.1. The molecule has 2 aromatic carbocycles. The van der Waals surface area contributed by atoms with Crippen LogP contribution in [0, 0.1) is 18.6 Å². The molecule has 0 fully saturated rings. The van der Waals surface area contributed by atoms with Crippen LogP contribution in [0.4, 0.5) is 19.3 Å². The number of hydrogen-bond acceptors (Lipinski definition) is 3. The maximum atomic E-state index is 13.6. The van der Waals surface area contributed by atoms with Gasteiger partial charge in [0.25, 0.3) is 0 Å². The molecule has 2 aliphatic rings. The molecule has 2 aromatic rings. The van der Waals surface area contributed by atoms with Crippen molar-refractivity contribution in [3.63, 3.8) is 0 Å². The van der Waals surface area contributed by atoms with Crippen LogP contribution in [-0.2, 0) is 11.3 Å². The fraction of sp³-hybridized carbons (Fsp3) is 0.150. The molecule has 2 aliphatic heterocycles. The smallest absolute Gasteiger partial charge is 0.244 e. The summed E-state index contributed by atoms with van der Waals surface area (Å²) in [4.78, 5) is 27.3. The number of aryl methyl sites for hydroxylation is 1. The molecule has 1 unspecified atom stereocenters. The number of halogens is 2. The standard InChI is InChI=1S/C20H15F2N2O2S/c1-12-4-2-3-5-16(12)24-19(25)18-17(6-7-27-18)23(20(24)26)11-13-8-14(21)10-15(22)9-13/h2-10,18H,11H2,1H3/q+1. The van der Waals surface area contributed by atoms with Crippen molar-refractivity contribution in [2.24, 2.45) is 0 Å². The number of hydrogen-bond donors (Lipinski definition) is 0. The van der Waals surface area contributed by atoms with E-state index in [1.54, 1.807) is 23.6 Å². The minimum atomic E-state index is -0.709. The molecule has 0 saturated carbocycles. The Hall–Kier alpha value is -2.80. The van der Waals surface area contributed by atoms with Crippen molar-refractivity contribution >= 4 is 35.1 Å². The van der Waals surface area contributed by atoms with Gasteiger partial charge in [-0.05, 0) is 47.7 Å². The Kier molecular flexibility index (Phi) is 4.39. The second kappa shape index (κ2) is 6.74. The van der Waals surface area contributed by atoms with Crippen LogP contribution in [0.15, 0.2) is 53.9 Å². The van der Waals surface area contributed by atoms with Gasteiger partial charge in [-0.25, -0.2) is 13.6 Å². The first-order valence-electron chi connectivity index (χ1n) is 8.30. The molecule has 4 rings (SSSR count). The number of para-hydroxylation sites is 1. The molecule has 0 saturated heterocycles. The van der Waals surface area contributed by atoms with E-state index in [9.17, 15) is 18.4 Å². The van der Waals surface area contributed by atoms with E-state index in [2.05, 4.69) is 0 Å². The fourth-order valence-corrected chi connectivity index (χ4v) is 4.23. The van der Waals surface area contributed by atoms with Crippen LogP contribution in [0.25, 0.3) is 0 Å². The van der Waals surface area contributed by atoms with Crippen molar-refractivity contribution in [2.75, 3.05) is 4.90 Å². The molecular weight excluding hydrogens is 370 g/mol. The second-order valence-electron chi connectivity index (χ2n) is 6.35. The van der Waals surface area contributed by atoms with Crippen LogP contribution in [-0.4, -0.2) is 27.5 Å². The number of thioether (sulfide) groups is 1. The largest absolute Gasteiger partial charge is 0.506 e. The monoisotopic (exact) mass is 385 g/mol. The van der Waals surface area contributed by atoms with E-state index in [4.69, 9.17) is 0 Å². The first kappa shape index (κ1) is 17.6. The number of allylic oxidation sites excluding steroid dienone is 1. The number of imide groups is 1. The third-order valence-corrected chi connectivity index (χ3v) is 5.53. The predicted molar refractivity (Wildman–Crippen MR) is 99.9 cm³/mol. The Bertz CT molecular complexity index is 1010. The zero-order valence-corrected chi connectivity index (χ0v) is 15.2. The zero-order valence-electron chi connectivity index (χ0n) is 14.4. The van der Waals surface area contributed by atoms with Gasteiger partial charge in [0.2, 0.25) is 0 Å². The minimum Gasteiger partial charge on any atom is -0.244 e. The van der Waals surface area contributed by atoms with Crippen molar-refractivity contribution in [2.45, 2.75) is 18.7 Å². The second-order valence-corrected chi connectivity index (χ2v) is 7.37. The van der Waals surface area contributed by atoms with Crippen LogP contribution in [0.5, 0.6) is 0 Å². The summed E-state index contributed by atoms with van der Waals surface area (Å²) < 4.78 is 28.5. The van der Waals surface area contributed by atoms with Gasteiger partial charge >= 0.3 is 11.9 Å². The van der Waals surface area contributed by atoms with Gasteiger partial charge in [-0.15, -0.1) is 16.7 Å². The molecule has 0 bridgehead atoms. The number of nitrogens with zero attached hydrogens (tertiary/aromatic N) is 2. The summed E-state index contributed by atoms with van der Waals surface area (Å²) in [5, 5.41) is 1.20. The number of rotatable bonds is 3. The van der Waals surface area contributed by atoms with Gasteiger partial charge in [-0.3, -0.25) is 0 Å². The Morgan fingerprint density at radius 2 is 1.81 bits per heavy atom. The van der Waals surface area contributed by atoms with Crippen molar-refractivity contribution in [1.29, 1.82) is 0 Å². The first-order chi connectivity index (χ1) is 13.0. The SMILES string of the molecule is Cc1ccccc1N1C(=O)C2SC=CC2=[N+](Cc2cc(F)cc(F)c2)C1=O. The number of carbonyl (C=O) groups is 2. The van der Waals surface area contributed by atoms with Gasteiger partial charge in [-0.2, -0.15) is 9.37 Å². The molecule has 27 heavy (non-hydrogen) atoms. The molecule has 0 radical (unpaired) electrons.